The van der Waals surface area contributed by atoms with Crippen molar-refractivity contribution in [1.29, 1.82) is 0 Å². The molecule has 2 rings (SSSR count). The zero-order valence-corrected chi connectivity index (χ0v) is 10.1. The summed E-state index contributed by atoms with van der Waals surface area (Å²) in [6.45, 7) is 2.82. The fraction of sp³-hybridized carbons (Fsp3) is 0.333. The zero-order chi connectivity index (χ0) is 11.4. The summed E-state index contributed by atoms with van der Waals surface area (Å²) in [4.78, 5) is 0. The van der Waals surface area contributed by atoms with Crippen molar-refractivity contribution < 1.29 is 0 Å². The van der Waals surface area contributed by atoms with E-state index in [0.717, 1.165) is 25.1 Å². The van der Waals surface area contributed by atoms with E-state index in [4.69, 9.17) is 12.2 Å². The Morgan fingerprint density at radius 2 is 1.94 bits per heavy atom. The van der Waals surface area contributed by atoms with Gasteiger partial charge in [-0.2, -0.15) is 5.10 Å². The molecule has 0 bridgehead atoms. The predicted octanol–water partition coefficient (Wildman–Crippen LogP) is 1.63. The largest absolute Gasteiger partial charge is 0.362 e. The lowest BCUT2D eigenvalue weighted by Gasteiger charge is -2.04. The molecule has 3 nitrogen and oxygen atoms in total. The molecular weight excluding hydrogens is 218 g/mol. The van der Waals surface area contributed by atoms with Crippen molar-refractivity contribution in [2.24, 2.45) is 5.10 Å². The Hall–Kier alpha value is -1.42. The van der Waals surface area contributed by atoms with Gasteiger partial charge in [0, 0.05) is 25.1 Å². The van der Waals surface area contributed by atoms with Gasteiger partial charge in [0.1, 0.15) is 0 Å². The summed E-state index contributed by atoms with van der Waals surface area (Å²) in [6.07, 6.45) is 1.86. The molecule has 0 amide bonds. The van der Waals surface area contributed by atoms with Crippen molar-refractivity contribution >= 4 is 23.0 Å². The number of hydrazone groups is 1. The second kappa shape index (κ2) is 5.07. The molecular formula is C12H15N3S. The van der Waals surface area contributed by atoms with Gasteiger partial charge in [0.2, 0.25) is 0 Å². The van der Waals surface area contributed by atoms with Crippen LogP contribution in [0.5, 0.6) is 0 Å². The van der Waals surface area contributed by atoms with Gasteiger partial charge in [0.15, 0.2) is 5.11 Å². The third-order valence-corrected chi connectivity index (χ3v) is 2.80. The van der Waals surface area contributed by atoms with Crippen LogP contribution >= 0.6 is 12.2 Å². The van der Waals surface area contributed by atoms with Crippen LogP contribution in [0.4, 0.5) is 0 Å². The number of nitrogens with one attached hydrogen (secondary N) is 2. The molecule has 84 valence electrons. The van der Waals surface area contributed by atoms with Gasteiger partial charge in [0.25, 0.3) is 0 Å². The van der Waals surface area contributed by atoms with Crippen molar-refractivity contribution in [2.75, 3.05) is 6.54 Å². The first kappa shape index (κ1) is 11.1. The number of hydrogen-bond donors (Lipinski definition) is 2. The summed E-state index contributed by atoms with van der Waals surface area (Å²) in [5, 5.41) is 7.91. The van der Waals surface area contributed by atoms with Crippen molar-refractivity contribution in [3.05, 3.63) is 35.4 Å². The van der Waals surface area contributed by atoms with Crippen LogP contribution < -0.4 is 10.7 Å². The fourth-order valence-corrected chi connectivity index (χ4v) is 2.00. The molecule has 4 heteroatoms. The molecule has 0 fully saturated rings. The van der Waals surface area contributed by atoms with Crippen LogP contribution in [0.25, 0.3) is 0 Å². The monoisotopic (exact) mass is 233 g/mol. The summed E-state index contributed by atoms with van der Waals surface area (Å²) in [7, 11) is 0. The Morgan fingerprint density at radius 3 is 2.50 bits per heavy atom. The van der Waals surface area contributed by atoms with Crippen molar-refractivity contribution in [1.82, 2.24) is 10.7 Å². The summed E-state index contributed by atoms with van der Waals surface area (Å²) in [5.41, 5.74) is 6.75. The quantitative estimate of drug-likeness (QED) is 0.602. The molecule has 0 radical (unpaired) electrons. The highest BCUT2D eigenvalue weighted by atomic mass is 32.1. The molecule has 0 unspecified atom stereocenters. The van der Waals surface area contributed by atoms with Gasteiger partial charge in [-0.05, 0) is 30.3 Å². The SMILES string of the molecule is CCNC(=S)NN=C1Cc2ccccc2C1. The van der Waals surface area contributed by atoms with Crippen LogP contribution in [0.3, 0.4) is 0 Å². The van der Waals surface area contributed by atoms with E-state index in [9.17, 15) is 0 Å². The van der Waals surface area contributed by atoms with Crippen LogP contribution in [0.2, 0.25) is 0 Å². The Labute approximate surface area is 101 Å². The lowest BCUT2D eigenvalue weighted by Crippen LogP contribution is -2.32. The number of nitrogens with zero attached hydrogens (tertiary/aromatic N) is 1. The number of thiocarbonyl (C=S) groups is 1. The molecule has 2 N–H and O–H groups in total. The Kier molecular flexibility index (Phi) is 3.51. The van der Waals surface area contributed by atoms with E-state index in [1.165, 1.54) is 11.1 Å². The van der Waals surface area contributed by atoms with E-state index in [0.29, 0.717) is 5.11 Å². The fourth-order valence-electron chi connectivity index (χ4n) is 1.81. The van der Waals surface area contributed by atoms with Crippen molar-refractivity contribution in [3.8, 4) is 0 Å². The van der Waals surface area contributed by atoms with Crippen LogP contribution in [-0.2, 0) is 12.8 Å². The van der Waals surface area contributed by atoms with E-state index in [1.54, 1.807) is 0 Å². The van der Waals surface area contributed by atoms with Gasteiger partial charge in [-0.1, -0.05) is 24.3 Å². The average Bonchev–Trinajstić information content (AvgIpc) is 2.69. The topological polar surface area (TPSA) is 36.4 Å². The van der Waals surface area contributed by atoms with Gasteiger partial charge < -0.3 is 5.32 Å². The molecule has 1 aromatic carbocycles. The number of fused-ring (bicyclic) bond motifs is 1. The minimum absolute atomic E-state index is 0.589. The van der Waals surface area contributed by atoms with Gasteiger partial charge in [-0.3, -0.25) is 5.43 Å². The number of rotatable bonds is 2. The Bertz CT molecular complexity index is 399. The molecule has 0 atom stereocenters. The van der Waals surface area contributed by atoms with E-state index < -0.39 is 0 Å². The standard InChI is InChI=1S/C12H15N3S/c1-2-13-12(16)15-14-11-7-9-5-3-4-6-10(9)8-11/h3-6H,2,7-8H2,1H3,(H2,13,15,16). The third-order valence-electron chi connectivity index (χ3n) is 2.56. The highest BCUT2D eigenvalue weighted by molar-refractivity contribution is 7.80. The van der Waals surface area contributed by atoms with Gasteiger partial charge in [0.05, 0.1) is 0 Å². The zero-order valence-electron chi connectivity index (χ0n) is 9.29. The van der Waals surface area contributed by atoms with Gasteiger partial charge in [-0.25, -0.2) is 0 Å². The van der Waals surface area contributed by atoms with Crippen LogP contribution in [0.1, 0.15) is 18.1 Å². The smallest absolute Gasteiger partial charge is 0.186 e. The second-order valence-electron chi connectivity index (χ2n) is 3.77. The van der Waals surface area contributed by atoms with E-state index >= 15 is 0 Å². The minimum Gasteiger partial charge on any atom is -0.362 e. The summed E-state index contributed by atoms with van der Waals surface area (Å²) < 4.78 is 0. The molecule has 0 heterocycles. The van der Waals surface area contributed by atoms with Crippen molar-refractivity contribution in [3.63, 3.8) is 0 Å². The first-order valence-electron chi connectivity index (χ1n) is 5.45. The van der Waals surface area contributed by atoms with Crippen LogP contribution in [0.15, 0.2) is 29.4 Å². The van der Waals surface area contributed by atoms with Crippen LogP contribution in [-0.4, -0.2) is 17.4 Å². The maximum absolute atomic E-state index is 5.04. The van der Waals surface area contributed by atoms with Gasteiger partial charge in [-0.15, -0.1) is 0 Å². The van der Waals surface area contributed by atoms with Crippen LogP contribution in [0, 0.1) is 0 Å². The normalized spacial score (nSPS) is 13.2. The first-order valence-corrected chi connectivity index (χ1v) is 5.86. The predicted molar refractivity (Wildman–Crippen MR) is 70.7 cm³/mol. The molecule has 16 heavy (non-hydrogen) atoms. The first-order chi connectivity index (χ1) is 7.79. The Balaban J connectivity index is 1.96. The maximum Gasteiger partial charge on any atom is 0.186 e. The summed E-state index contributed by atoms with van der Waals surface area (Å²) >= 11 is 5.04. The molecule has 0 saturated heterocycles. The molecule has 1 aromatic rings. The third kappa shape index (κ3) is 2.58. The maximum atomic E-state index is 5.04. The highest BCUT2D eigenvalue weighted by Gasteiger charge is 2.15. The molecule has 1 aliphatic rings. The van der Waals surface area contributed by atoms with E-state index in [2.05, 4.69) is 40.1 Å². The summed E-state index contributed by atoms with van der Waals surface area (Å²) in [6, 6.07) is 8.44. The van der Waals surface area contributed by atoms with Crippen molar-refractivity contribution in [2.45, 2.75) is 19.8 Å². The lowest BCUT2D eigenvalue weighted by atomic mass is 10.1. The molecule has 0 aliphatic heterocycles. The van der Waals surface area contributed by atoms with Gasteiger partial charge >= 0.3 is 0 Å². The molecule has 0 saturated carbocycles. The van der Waals surface area contributed by atoms with E-state index in [-0.39, 0.29) is 0 Å². The summed E-state index contributed by atoms with van der Waals surface area (Å²) in [5.74, 6) is 0. The molecule has 0 spiro atoms. The average molecular weight is 233 g/mol. The minimum atomic E-state index is 0.589. The molecule has 1 aliphatic carbocycles. The lowest BCUT2D eigenvalue weighted by molar-refractivity contribution is 0.897. The molecule has 0 aromatic heterocycles. The number of hydrogen-bond acceptors (Lipinski definition) is 2. The van der Waals surface area contributed by atoms with E-state index in [1.807, 2.05) is 6.92 Å². The highest BCUT2D eigenvalue weighted by Crippen LogP contribution is 2.19. The Morgan fingerprint density at radius 1 is 1.31 bits per heavy atom. The second-order valence-corrected chi connectivity index (χ2v) is 4.18. The number of benzene rings is 1.